The van der Waals surface area contributed by atoms with E-state index in [1.54, 1.807) is 0 Å². The van der Waals surface area contributed by atoms with Gasteiger partial charge < -0.3 is 14.5 Å². The molecule has 2 rings (SSSR count). The zero-order valence-electron chi connectivity index (χ0n) is 12.3. The zero-order valence-corrected chi connectivity index (χ0v) is 12.3. The molecule has 1 aromatic rings. The van der Waals surface area contributed by atoms with Crippen LogP contribution >= 0.6 is 0 Å². The number of hydrogen-bond acceptors (Lipinski definition) is 3. The normalized spacial score (nSPS) is 16.9. The third-order valence-corrected chi connectivity index (χ3v) is 3.64. The van der Waals surface area contributed by atoms with Gasteiger partial charge in [-0.2, -0.15) is 0 Å². The number of amides is 1. The SMILES string of the molecule is CN1CCCN(C(=O)CCOCc2ccccc2)CC1. The number of carbonyl (C=O) groups is 1. The summed E-state index contributed by atoms with van der Waals surface area (Å²) in [5.41, 5.74) is 1.15. The predicted octanol–water partition coefficient (Wildman–Crippen LogP) is 1.76. The van der Waals surface area contributed by atoms with Crippen molar-refractivity contribution in [2.45, 2.75) is 19.4 Å². The zero-order chi connectivity index (χ0) is 14.2. The first-order valence-electron chi connectivity index (χ1n) is 7.33. The Morgan fingerprint density at radius 1 is 1.15 bits per heavy atom. The van der Waals surface area contributed by atoms with Gasteiger partial charge in [-0.3, -0.25) is 4.79 Å². The lowest BCUT2D eigenvalue weighted by molar-refractivity contribution is -0.132. The molecule has 4 heteroatoms. The standard InChI is InChI=1S/C16H24N2O2/c1-17-9-5-10-18(12-11-17)16(19)8-13-20-14-15-6-3-2-4-7-15/h2-4,6-7H,5,8-14H2,1H3. The highest BCUT2D eigenvalue weighted by Crippen LogP contribution is 2.05. The quantitative estimate of drug-likeness (QED) is 0.768. The Balaban J connectivity index is 1.64. The third-order valence-electron chi connectivity index (χ3n) is 3.64. The van der Waals surface area contributed by atoms with Crippen molar-refractivity contribution in [2.24, 2.45) is 0 Å². The molecule has 110 valence electrons. The molecule has 0 bridgehead atoms. The molecule has 0 saturated carbocycles. The lowest BCUT2D eigenvalue weighted by atomic mass is 10.2. The van der Waals surface area contributed by atoms with Crippen molar-refractivity contribution < 1.29 is 9.53 Å². The molecule has 0 aromatic heterocycles. The van der Waals surface area contributed by atoms with E-state index >= 15 is 0 Å². The third kappa shape index (κ3) is 4.94. The molecule has 0 unspecified atom stereocenters. The molecule has 1 heterocycles. The van der Waals surface area contributed by atoms with Crippen LogP contribution in [0.2, 0.25) is 0 Å². The molecule has 0 N–H and O–H groups in total. The molecular formula is C16H24N2O2. The number of nitrogens with zero attached hydrogens (tertiary/aromatic N) is 2. The van der Waals surface area contributed by atoms with Gasteiger partial charge in [-0.1, -0.05) is 30.3 Å². The molecule has 0 spiro atoms. The van der Waals surface area contributed by atoms with E-state index < -0.39 is 0 Å². The van der Waals surface area contributed by atoms with E-state index in [9.17, 15) is 4.79 Å². The summed E-state index contributed by atoms with van der Waals surface area (Å²) in [7, 11) is 2.11. The number of carbonyl (C=O) groups excluding carboxylic acids is 1. The van der Waals surface area contributed by atoms with Gasteiger partial charge in [-0.05, 0) is 25.6 Å². The first-order valence-corrected chi connectivity index (χ1v) is 7.33. The van der Waals surface area contributed by atoms with Crippen LogP contribution in [0.3, 0.4) is 0 Å². The van der Waals surface area contributed by atoms with Crippen LogP contribution in [0.1, 0.15) is 18.4 Å². The number of ether oxygens (including phenoxy) is 1. The maximum absolute atomic E-state index is 12.1. The van der Waals surface area contributed by atoms with Crippen molar-refractivity contribution >= 4 is 5.91 Å². The molecule has 1 fully saturated rings. The molecule has 4 nitrogen and oxygen atoms in total. The van der Waals surface area contributed by atoms with Crippen LogP contribution in [0.4, 0.5) is 0 Å². The highest BCUT2D eigenvalue weighted by atomic mass is 16.5. The second-order valence-corrected chi connectivity index (χ2v) is 5.33. The fourth-order valence-corrected chi connectivity index (χ4v) is 2.38. The lowest BCUT2D eigenvalue weighted by Crippen LogP contribution is -2.34. The summed E-state index contributed by atoms with van der Waals surface area (Å²) in [5, 5.41) is 0. The molecule has 1 amide bonds. The van der Waals surface area contributed by atoms with E-state index in [0.717, 1.165) is 38.2 Å². The van der Waals surface area contributed by atoms with E-state index in [0.29, 0.717) is 19.6 Å². The number of hydrogen-bond donors (Lipinski definition) is 0. The minimum atomic E-state index is 0.216. The second kappa shape index (κ2) is 8.02. The Bertz CT molecular complexity index is 408. The number of rotatable bonds is 5. The molecule has 20 heavy (non-hydrogen) atoms. The van der Waals surface area contributed by atoms with E-state index in [-0.39, 0.29) is 5.91 Å². The summed E-state index contributed by atoms with van der Waals surface area (Å²) in [4.78, 5) is 16.3. The van der Waals surface area contributed by atoms with Gasteiger partial charge in [-0.25, -0.2) is 0 Å². The molecule has 1 saturated heterocycles. The van der Waals surface area contributed by atoms with E-state index in [1.165, 1.54) is 0 Å². The van der Waals surface area contributed by atoms with Crippen molar-refractivity contribution in [3.63, 3.8) is 0 Å². The fraction of sp³-hybridized carbons (Fsp3) is 0.562. The Kier molecular flexibility index (Phi) is 6.02. The van der Waals surface area contributed by atoms with Gasteiger partial charge in [-0.15, -0.1) is 0 Å². The topological polar surface area (TPSA) is 32.8 Å². The van der Waals surface area contributed by atoms with Crippen LogP contribution in [0, 0.1) is 0 Å². The molecule has 1 aliphatic rings. The average molecular weight is 276 g/mol. The smallest absolute Gasteiger partial charge is 0.224 e. The molecule has 1 aromatic carbocycles. The number of benzene rings is 1. The fourth-order valence-electron chi connectivity index (χ4n) is 2.38. The lowest BCUT2D eigenvalue weighted by Gasteiger charge is -2.20. The maximum atomic E-state index is 12.1. The summed E-state index contributed by atoms with van der Waals surface area (Å²) in [6, 6.07) is 10.1. The second-order valence-electron chi connectivity index (χ2n) is 5.33. The van der Waals surface area contributed by atoms with Crippen molar-refractivity contribution in [1.29, 1.82) is 0 Å². The monoisotopic (exact) mass is 276 g/mol. The summed E-state index contributed by atoms with van der Waals surface area (Å²) in [6.45, 7) is 4.84. The number of likely N-dealkylation sites (N-methyl/N-ethyl adjacent to an activating group) is 1. The summed E-state index contributed by atoms with van der Waals surface area (Å²) in [5.74, 6) is 0.216. The van der Waals surface area contributed by atoms with Gasteiger partial charge in [0.2, 0.25) is 5.91 Å². The Morgan fingerprint density at radius 2 is 1.95 bits per heavy atom. The minimum Gasteiger partial charge on any atom is -0.376 e. The van der Waals surface area contributed by atoms with Crippen LogP contribution in [0.25, 0.3) is 0 Å². The highest BCUT2D eigenvalue weighted by Gasteiger charge is 2.16. The molecular weight excluding hydrogens is 252 g/mol. The van der Waals surface area contributed by atoms with Gasteiger partial charge in [0.25, 0.3) is 0 Å². The van der Waals surface area contributed by atoms with E-state index in [1.807, 2.05) is 35.2 Å². The van der Waals surface area contributed by atoms with Crippen LogP contribution in [0.15, 0.2) is 30.3 Å². The molecule has 0 atom stereocenters. The Labute approximate surface area is 121 Å². The summed E-state index contributed by atoms with van der Waals surface area (Å²) >= 11 is 0. The van der Waals surface area contributed by atoms with Gasteiger partial charge in [0.05, 0.1) is 19.6 Å². The van der Waals surface area contributed by atoms with Crippen molar-refractivity contribution in [2.75, 3.05) is 39.8 Å². The summed E-state index contributed by atoms with van der Waals surface area (Å²) < 4.78 is 5.58. The first-order chi connectivity index (χ1) is 9.75. The first kappa shape index (κ1) is 15.0. The van der Waals surface area contributed by atoms with Gasteiger partial charge in [0.1, 0.15) is 0 Å². The Morgan fingerprint density at radius 3 is 2.75 bits per heavy atom. The molecule has 0 radical (unpaired) electrons. The molecule has 1 aliphatic heterocycles. The average Bonchev–Trinajstić information content (AvgIpc) is 2.69. The minimum absolute atomic E-state index is 0.216. The van der Waals surface area contributed by atoms with Gasteiger partial charge in [0.15, 0.2) is 0 Å². The van der Waals surface area contributed by atoms with Crippen molar-refractivity contribution in [1.82, 2.24) is 9.80 Å². The van der Waals surface area contributed by atoms with E-state index in [4.69, 9.17) is 4.74 Å². The van der Waals surface area contributed by atoms with Crippen molar-refractivity contribution in [3.8, 4) is 0 Å². The van der Waals surface area contributed by atoms with Crippen LogP contribution in [0.5, 0.6) is 0 Å². The van der Waals surface area contributed by atoms with Crippen LogP contribution < -0.4 is 0 Å². The Hall–Kier alpha value is -1.39. The predicted molar refractivity (Wildman–Crippen MR) is 79.4 cm³/mol. The van der Waals surface area contributed by atoms with Crippen molar-refractivity contribution in [3.05, 3.63) is 35.9 Å². The highest BCUT2D eigenvalue weighted by molar-refractivity contribution is 5.76. The summed E-state index contributed by atoms with van der Waals surface area (Å²) in [6.07, 6.45) is 1.55. The maximum Gasteiger partial charge on any atom is 0.224 e. The van der Waals surface area contributed by atoms with Gasteiger partial charge in [0, 0.05) is 19.6 Å². The van der Waals surface area contributed by atoms with E-state index in [2.05, 4.69) is 11.9 Å². The molecule has 0 aliphatic carbocycles. The van der Waals surface area contributed by atoms with Crippen LogP contribution in [-0.4, -0.2) is 55.5 Å². The van der Waals surface area contributed by atoms with Gasteiger partial charge >= 0.3 is 0 Å². The van der Waals surface area contributed by atoms with Crippen LogP contribution in [-0.2, 0) is 16.1 Å². The largest absolute Gasteiger partial charge is 0.376 e.